The number of nitro benzene ring substituents is 1. The molecule has 0 saturated heterocycles. The maximum atomic E-state index is 13.5. The second-order valence-corrected chi connectivity index (χ2v) is 5.63. The summed E-state index contributed by atoms with van der Waals surface area (Å²) >= 11 is 0. The zero-order valence-corrected chi connectivity index (χ0v) is 14.7. The predicted octanol–water partition coefficient (Wildman–Crippen LogP) is 1.95. The quantitative estimate of drug-likeness (QED) is 0.423. The summed E-state index contributed by atoms with van der Waals surface area (Å²) in [4.78, 5) is 45.4. The molecule has 0 heterocycles. The number of carbonyl (C=O) groups excluding carboxylic acids is 3. The number of esters is 1. The van der Waals surface area contributed by atoms with Gasteiger partial charge in [0.2, 0.25) is 0 Å². The molecule has 0 aliphatic rings. The molecule has 0 aromatic heterocycles. The van der Waals surface area contributed by atoms with Gasteiger partial charge in [-0.25, -0.2) is 4.39 Å². The van der Waals surface area contributed by atoms with Crippen molar-refractivity contribution in [3.63, 3.8) is 0 Å². The summed E-state index contributed by atoms with van der Waals surface area (Å²) in [7, 11) is 0. The van der Waals surface area contributed by atoms with Crippen LogP contribution in [0.25, 0.3) is 0 Å². The van der Waals surface area contributed by atoms with Gasteiger partial charge in [0.1, 0.15) is 12.4 Å². The lowest BCUT2D eigenvalue weighted by Gasteiger charge is -2.09. The minimum atomic E-state index is -0.907. The van der Waals surface area contributed by atoms with Crippen LogP contribution in [0.3, 0.4) is 0 Å². The summed E-state index contributed by atoms with van der Waals surface area (Å²) < 4.78 is 18.2. The third-order valence-electron chi connectivity index (χ3n) is 3.58. The van der Waals surface area contributed by atoms with Crippen LogP contribution in [0.2, 0.25) is 0 Å². The first-order chi connectivity index (χ1) is 13.3. The minimum Gasteiger partial charge on any atom is -0.454 e. The molecule has 0 unspecified atom stereocenters. The molecule has 10 heteroatoms. The van der Waals surface area contributed by atoms with Crippen molar-refractivity contribution in [2.75, 3.05) is 18.5 Å². The van der Waals surface area contributed by atoms with E-state index >= 15 is 0 Å². The Labute approximate surface area is 158 Å². The molecule has 0 saturated carbocycles. The van der Waals surface area contributed by atoms with Gasteiger partial charge in [-0.2, -0.15) is 0 Å². The van der Waals surface area contributed by atoms with E-state index in [1.165, 1.54) is 36.4 Å². The molecular formula is C18H16FN3O6. The smallest absolute Gasteiger partial charge is 0.325 e. The molecule has 0 aliphatic heterocycles. The average molecular weight is 389 g/mol. The van der Waals surface area contributed by atoms with Crippen LogP contribution in [0.4, 0.5) is 15.8 Å². The number of nitrogens with one attached hydrogen (secondary N) is 2. The standard InChI is InChI=1S/C18H16FN3O6/c1-11-6-7-12(22(26)27)8-15(11)21-16(23)10-28-17(24)9-20-18(25)13-4-2-3-5-14(13)19/h2-8H,9-10H2,1H3,(H,20,25)(H,21,23). The first kappa shape index (κ1) is 20.5. The van der Waals surface area contributed by atoms with Gasteiger partial charge in [-0.3, -0.25) is 24.5 Å². The monoisotopic (exact) mass is 389 g/mol. The van der Waals surface area contributed by atoms with Gasteiger partial charge in [-0.05, 0) is 24.6 Å². The van der Waals surface area contributed by atoms with Crippen molar-refractivity contribution >= 4 is 29.2 Å². The van der Waals surface area contributed by atoms with Crippen LogP contribution >= 0.6 is 0 Å². The summed E-state index contributed by atoms with van der Waals surface area (Å²) in [5.41, 5.74) is 0.369. The summed E-state index contributed by atoms with van der Waals surface area (Å²) in [6, 6.07) is 9.20. The number of ether oxygens (including phenoxy) is 1. The fraction of sp³-hybridized carbons (Fsp3) is 0.167. The van der Waals surface area contributed by atoms with E-state index in [1.807, 2.05) is 0 Å². The van der Waals surface area contributed by atoms with Gasteiger partial charge in [-0.15, -0.1) is 0 Å². The van der Waals surface area contributed by atoms with Crippen LogP contribution in [0.1, 0.15) is 15.9 Å². The number of carbonyl (C=O) groups is 3. The van der Waals surface area contributed by atoms with Crippen LogP contribution in [0.15, 0.2) is 42.5 Å². The van der Waals surface area contributed by atoms with Crippen LogP contribution in [0.5, 0.6) is 0 Å². The van der Waals surface area contributed by atoms with Gasteiger partial charge in [-0.1, -0.05) is 18.2 Å². The van der Waals surface area contributed by atoms with E-state index in [9.17, 15) is 28.9 Å². The van der Waals surface area contributed by atoms with Crippen LogP contribution in [0, 0.1) is 22.9 Å². The molecule has 9 nitrogen and oxygen atoms in total. The summed E-state index contributed by atoms with van der Waals surface area (Å²) in [5, 5.41) is 15.4. The summed E-state index contributed by atoms with van der Waals surface area (Å²) in [6.07, 6.45) is 0. The predicted molar refractivity (Wildman–Crippen MR) is 96.2 cm³/mol. The van der Waals surface area contributed by atoms with Gasteiger partial charge in [0.15, 0.2) is 6.61 Å². The van der Waals surface area contributed by atoms with Crippen molar-refractivity contribution < 1.29 is 28.4 Å². The number of amides is 2. The Kier molecular flexibility index (Phi) is 6.74. The van der Waals surface area contributed by atoms with Gasteiger partial charge in [0.25, 0.3) is 17.5 Å². The first-order valence-corrected chi connectivity index (χ1v) is 8.01. The molecule has 0 radical (unpaired) electrons. The molecule has 0 atom stereocenters. The van der Waals surface area contributed by atoms with Crippen molar-refractivity contribution in [1.29, 1.82) is 0 Å². The van der Waals surface area contributed by atoms with E-state index in [0.29, 0.717) is 5.56 Å². The van der Waals surface area contributed by atoms with Gasteiger partial charge in [0.05, 0.1) is 16.2 Å². The zero-order chi connectivity index (χ0) is 20.7. The minimum absolute atomic E-state index is 0.200. The maximum Gasteiger partial charge on any atom is 0.325 e. The number of anilines is 1. The number of halogens is 1. The lowest BCUT2D eigenvalue weighted by Crippen LogP contribution is -2.32. The molecule has 146 valence electrons. The number of aryl methyl sites for hydroxylation is 1. The van der Waals surface area contributed by atoms with Crippen molar-refractivity contribution in [3.8, 4) is 0 Å². The molecule has 0 bridgehead atoms. The Morgan fingerprint density at radius 1 is 1.18 bits per heavy atom. The van der Waals surface area contributed by atoms with Crippen molar-refractivity contribution in [2.24, 2.45) is 0 Å². The number of nitro groups is 1. The molecule has 28 heavy (non-hydrogen) atoms. The number of hydrogen-bond acceptors (Lipinski definition) is 6. The molecule has 2 amide bonds. The molecular weight excluding hydrogens is 373 g/mol. The molecule has 2 aromatic rings. The zero-order valence-electron chi connectivity index (χ0n) is 14.7. The van der Waals surface area contributed by atoms with Crippen LogP contribution in [-0.4, -0.2) is 35.9 Å². The lowest BCUT2D eigenvalue weighted by molar-refractivity contribution is -0.384. The highest BCUT2D eigenvalue weighted by Gasteiger charge is 2.15. The molecule has 2 N–H and O–H groups in total. The number of nitrogens with zero attached hydrogens (tertiary/aromatic N) is 1. The Bertz CT molecular complexity index is 931. The Morgan fingerprint density at radius 3 is 2.57 bits per heavy atom. The Morgan fingerprint density at radius 2 is 1.89 bits per heavy atom. The third-order valence-corrected chi connectivity index (χ3v) is 3.58. The van der Waals surface area contributed by atoms with E-state index in [1.54, 1.807) is 6.92 Å². The van der Waals surface area contributed by atoms with Crippen molar-refractivity contribution in [2.45, 2.75) is 6.92 Å². The molecule has 0 fully saturated rings. The van der Waals surface area contributed by atoms with E-state index in [2.05, 4.69) is 10.6 Å². The highest BCUT2D eigenvalue weighted by atomic mass is 19.1. The maximum absolute atomic E-state index is 13.5. The highest BCUT2D eigenvalue weighted by molar-refractivity contribution is 5.97. The number of benzene rings is 2. The molecule has 0 aliphatic carbocycles. The Hall–Kier alpha value is -3.82. The summed E-state index contributed by atoms with van der Waals surface area (Å²) in [6.45, 7) is 0.427. The fourth-order valence-electron chi connectivity index (χ4n) is 2.13. The van der Waals surface area contributed by atoms with Gasteiger partial charge < -0.3 is 15.4 Å². The first-order valence-electron chi connectivity index (χ1n) is 8.01. The van der Waals surface area contributed by atoms with E-state index in [4.69, 9.17) is 4.74 Å². The van der Waals surface area contributed by atoms with Crippen molar-refractivity contribution in [3.05, 3.63) is 69.5 Å². The van der Waals surface area contributed by atoms with E-state index < -0.39 is 41.7 Å². The summed E-state index contributed by atoms with van der Waals surface area (Å²) in [5.74, 6) is -3.15. The molecule has 2 rings (SSSR count). The topological polar surface area (TPSA) is 128 Å². The Balaban J connectivity index is 1.82. The number of rotatable bonds is 7. The number of hydrogen-bond donors (Lipinski definition) is 2. The average Bonchev–Trinajstić information content (AvgIpc) is 2.66. The lowest BCUT2D eigenvalue weighted by atomic mass is 10.2. The second-order valence-electron chi connectivity index (χ2n) is 5.63. The van der Waals surface area contributed by atoms with Crippen LogP contribution < -0.4 is 10.6 Å². The van der Waals surface area contributed by atoms with E-state index in [-0.39, 0.29) is 16.9 Å². The number of non-ortho nitro benzene ring substituents is 1. The van der Waals surface area contributed by atoms with Crippen molar-refractivity contribution in [1.82, 2.24) is 5.32 Å². The van der Waals surface area contributed by atoms with Gasteiger partial charge >= 0.3 is 5.97 Å². The normalized spacial score (nSPS) is 10.1. The fourth-order valence-corrected chi connectivity index (χ4v) is 2.13. The third kappa shape index (κ3) is 5.59. The largest absolute Gasteiger partial charge is 0.454 e. The highest BCUT2D eigenvalue weighted by Crippen LogP contribution is 2.21. The molecule has 0 spiro atoms. The van der Waals surface area contributed by atoms with E-state index in [0.717, 1.165) is 6.07 Å². The van der Waals surface area contributed by atoms with Gasteiger partial charge in [0, 0.05) is 12.1 Å². The van der Waals surface area contributed by atoms with Crippen LogP contribution in [-0.2, 0) is 14.3 Å². The SMILES string of the molecule is Cc1ccc([N+](=O)[O-])cc1NC(=O)COC(=O)CNC(=O)c1ccccc1F. The second kappa shape index (κ2) is 9.21. The molecule has 2 aromatic carbocycles.